The summed E-state index contributed by atoms with van der Waals surface area (Å²) in [7, 11) is 0. The number of amides is 1. The average Bonchev–Trinajstić information content (AvgIpc) is 2.45. The predicted octanol–water partition coefficient (Wildman–Crippen LogP) is 2.43. The highest BCUT2D eigenvalue weighted by Crippen LogP contribution is 2.20. The summed E-state index contributed by atoms with van der Waals surface area (Å²) in [6.45, 7) is 0.0732. The van der Waals surface area contributed by atoms with E-state index in [1.54, 1.807) is 6.07 Å². The number of halogens is 1. The number of hydrogen-bond donors (Lipinski definition) is 2. The van der Waals surface area contributed by atoms with Gasteiger partial charge in [-0.3, -0.25) is 4.79 Å². The van der Waals surface area contributed by atoms with Crippen LogP contribution in [0, 0.1) is 0 Å². The highest BCUT2D eigenvalue weighted by Gasteiger charge is 2.06. The van der Waals surface area contributed by atoms with E-state index in [1.165, 1.54) is 0 Å². The molecule has 0 fully saturated rings. The molecule has 0 radical (unpaired) electrons. The minimum absolute atomic E-state index is 0.165. The second-order valence-electron chi connectivity index (χ2n) is 4.41. The van der Waals surface area contributed by atoms with E-state index in [9.17, 15) is 9.59 Å². The van der Waals surface area contributed by atoms with Gasteiger partial charge < -0.3 is 15.2 Å². The number of carbonyl (C=O) groups excluding carboxylic acids is 1. The zero-order valence-electron chi connectivity index (χ0n) is 11.1. The van der Waals surface area contributed by atoms with Crippen molar-refractivity contribution in [3.63, 3.8) is 0 Å². The normalized spacial score (nSPS) is 10.5. The van der Waals surface area contributed by atoms with Crippen LogP contribution in [0.5, 0.6) is 0 Å². The highest BCUT2D eigenvalue weighted by atomic mass is 79.9. The van der Waals surface area contributed by atoms with Crippen molar-refractivity contribution >= 4 is 38.6 Å². The molecule has 0 aromatic heterocycles. The Bertz CT molecular complexity index is 672. The van der Waals surface area contributed by atoms with Crippen LogP contribution in [-0.2, 0) is 9.53 Å². The SMILES string of the molecule is O=C(O)COCCNC(=O)c1ccc2cc(Br)ccc2c1. The van der Waals surface area contributed by atoms with E-state index >= 15 is 0 Å². The van der Waals surface area contributed by atoms with Crippen LogP contribution in [0.2, 0.25) is 0 Å². The van der Waals surface area contributed by atoms with E-state index in [0.717, 1.165) is 15.2 Å². The summed E-state index contributed by atoms with van der Waals surface area (Å²) in [5.74, 6) is -1.24. The zero-order chi connectivity index (χ0) is 15.2. The molecule has 0 bridgehead atoms. The number of aliphatic carboxylic acids is 1. The molecule has 110 valence electrons. The van der Waals surface area contributed by atoms with Gasteiger partial charge in [0.25, 0.3) is 5.91 Å². The molecule has 0 aliphatic rings. The third kappa shape index (κ3) is 4.54. The number of carbonyl (C=O) groups is 2. The molecule has 0 aliphatic carbocycles. The van der Waals surface area contributed by atoms with Crippen molar-refractivity contribution in [1.29, 1.82) is 0 Å². The maximum atomic E-state index is 12.0. The van der Waals surface area contributed by atoms with E-state index in [-0.39, 0.29) is 25.7 Å². The largest absolute Gasteiger partial charge is 0.480 e. The Balaban J connectivity index is 1.93. The Kier molecular flexibility index (Phi) is 5.30. The molecule has 0 aliphatic heterocycles. The molecule has 0 unspecified atom stereocenters. The fourth-order valence-corrected chi connectivity index (χ4v) is 2.23. The Morgan fingerprint density at radius 1 is 1.14 bits per heavy atom. The summed E-state index contributed by atoms with van der Waals surface area (Å²) in [4.78, 5) is 22.2. The van der Waals surface area contributed by atoms with Gasteiger partial charge in [0.15, 0.2) is 0 Å². The summed E-state index contributed by atoms with van der Waals surface area (Å²) < 4.78 is 5.83. The average molecular weight is 352 g/mol. The van der Waals surface area contributed by atoms with E-state index < -0.39 is 5.97 Å². The Labute approximate surface area is 130 Å². The summed E-state index contributed by atoms with van der Waals surface area (Å²) >= 11 is 3.40. The van der Waals surface area contributed by atoms with Crippen LogP contribution >= 0.6 is 15.9 Å². The van der Waals surface area contributed by atoms with Crippen molar-refractivity contribution in [2.45, 2.75) is 0 Å². The predicted molar refractivity (Wildman–Crippen MR) is 82.4 cm³/mol. The number of ether oxygens (including phenoxy) is 1. The number of rotatable bonds is 6. The van der Waals surface area contributed by atoms with Crippen molar-refractivity contribution in [2.75, 3.05) is 19.8 Å². The smallest absolute Gasteiger partial charge is 0.329 e. The van der Waals surface area contributed by atoms with Crippen molar-refractivity contribution in [3.8, 4) is 0 Å². The van der Waals surface area contributed by atoms with E-state index in [1.807, 2.05) is 30.3 Å². The van der Waals surface area contributed by atoms with Gasteiger partial charge in [0.1, 0.15) is 6.61 Å². The van der Waals surface area contributed by atoms with E-state index in [0.29, 0.717) is 5.56 Å². The molecule has 5 nitrogen and oxygen atoms in total. The molecule has 0 heterocycles. The van der Waals surface area contributed by atoms with Crippen molar-refractivity contribution in [1.82, 2.24) is 5.32 Å². The van der Waals surface area contributed by atoms with Gasteiger partial charge in [0.05, 0.1) is 6.61 Å². The highest BCUT2D eigenvalue weighted by molar-refractivity contribution is 9.10. The number of hydrogen-bond acceptors (Lipinski definition) is 3. The van der Waals surface area contributed by atoms with Gasteiger partial charge in [0, 0.05) is 16.6 Å². The Hall–Kier alpha value is -1.92. The van der Waals surface area contributed by atoms with Crippen LogP contribution in [0.15, 0.2) is 40.9 Å². The molecule has 0 saturated heterocycles. The maximum Gasteiger partial charge on any atom is 0.329 e. The van der Waals surface area contributed by atoms with Gasteiger partial charge in [-0.1, -0.05) is 28.1 Å². The summed E-state index contributed by atoms with van der Waals surface area (Å²) in [6, 6.07) is 11.3. The lowest BCUT2D eigenvalue weighted by molar-refractivity contribution is -0.142. The first kappa shape index (κ1) is 15.5. The van der Waals surface area contributed by atoms with Crippen LogP contribution in [0.1, 0.15) is 10.4 Å². The summed E-state index contributed by atoms with van der Waals surface area (Å²) in [6.07, 6.45) is 0. The molecular formula is C15H14BrNO4. The second-order valence-corrected chi connectivity index (χ2v) is 5.32. The molecule has 2 N–H and O–H groups in total. The number of carboxylic acids is 1. The lowest BCUT2D eigenvalue weighted by Gasteiger charge is -2.06. The molecule has 1 amide bonds. The first-order chi connectivity index (χ1) is 10.1. The molecule has 2 aromatic carbocycles. The minimum Gasteiger partial charge on any atom is -0.480 e. The molecule has 2 aromatic rings. The quantitative estimate of drug-likeness (QED) is 0.783. The maximum absolute atomic E-state index is 12.0. The fraction of sp³-hybridized carbons (Fsp3) is 0.200. The molecule has 0 atom stereocenters. The Morgan fingerprint density at radius 2 is 1.86 bits per heavy atom. The Morgan fingerprint density at radius 3 is 2.62 bits per heavy atom. The minimum atomic E-state index is -1.03. The lowest BCUT2D eigenvalue weighted by Crippen LogP contribution is -2.27. The molecule has 2 rings (SSSR count). The van der Waals surface area contributed by atoms with Gasteiger partial charge >= 0.3 is 5.97 Å². The first-order valence-corrected chi connectivity index (χ1v) is 7.12. The van der Waals surface area contributed by atoms with E-state index in [4.69, 9.17) is 9.84 Å². The molecule has 6 heteroatoms. The van der Waals surface area contributed by atoms with Gasteiger partial charge in [0.2, 0.25) is 0 Å². The van der Waals surface area contributed by atoms with Gasteiger partial charge in [-0.05, 0) is 35.0 Å². The van der Waals surface area contributed by atoms with Crippen molar-refractivity contribution < 1.29 is 19.4 Å². The van der Waals surface area contributed by atoms with Gasteiger partial charge in [-0.2, -0.15) is 0 Å². The molecule has 0 spiro atoms. The summed E-state index contributed by atoms with van der Waals surface area (Å²) in [5.41, 5.74) is 0.558. The molecular weight excluding hydrogens is 338 g/mol. The van der Waals surface area contributed by atoms with Gasteiger partial charge in [-0.15, -0.1) is 0 Å². The van der Waals surface area contributed by atoms with Crippen LogP contribution in [0.25, 0.3) is 10.8 Å². The fourth-order valence-electron chi connectivity index (χ4n) is 1.86. The molecule has 0 saturated carbocycles. The first-order valence-electron chi connectivity index (χ1n) is 6.33. The second kappa shape index (κ2) is 7.19. The van der Waals surface area contributed by atoms with E-state index in [2.05, 4.69) is 21.2 Å². The van der Waals surface area contributed by atoms with Crippen molar-refractivity contribution in [3.05, 3.63) is 46.4 Å². The third-order valence-corrected chi connectivity index (χ3v) is 3.32. The standard InChI is InChI=1S/C15H14BrNO4/c16-13-4-3-10-7-12(2-1-11(10)8-13)15(20)17-5-6-21-9-14(18)19/h1-4,7-8H,5-6,9H2,(H,17,20)(H,18,19). The van der Waals surface area contributed by atoms with Crippen LogP contribution < -0.4 is 5.32 Å². The van der Waals surface area contributed by atoms with Crippen LogP contribution in [0.4, 0.5) is 0 Å². The third-order valence-electron chi connectivity index (χ3n) is 2.82. The van der Waals surface area contributed by atoms with Crippen molar-refractivity contribution in [2.24, 2.45) is 0 Å². The van der Waals surface area contributed by atoms with Crippen LogP contribution in [0.3, 0.4) is 0 Å². The van der Waals surface area contributed by atoms with Crippen LogP contribution in [-0.4, -0.2) is 36.7 Å². The summed E-state index contributed by atoms with van der Waals surface area (Å²) in [5, 5.41) is 13.1. The number of carboxylic acid groups (broad SMARTS) is 1. The number of nitrogens with one attached hydrogen (secondary N) is 1. The zero-order valence-corrected chi connectivity index (χ0v) is 12.7. The number of benzene rings is 2. The number of fused-ring (bicyclic) bond motifs is 1. The molecule has 21 heavy (non-hydrogen) atoms. The van der Waals surface area contributed by atoms with Gasteiger partial charge in [-0.25, -0.2) is 4.79 Å². The monoisotopic (exact) mass is 351 g/mol. The lowest BCUT2D eigenvalue weighted by atomic mass is 10.1. The topological polar surface area (TPSA) is 75.6 Å².